The molecule has 0 spiro atoms. The highest BCUT2D eigenvalue weighted by atomic mass is 32.2. The van der Waals surface area contributed by atoms with Crippen molar-refractivity contribution >= 4 is 29.7 Å². The average Bonchev–Trinajstić information content (AvgIpc) is 2.66. The summed E-state index contributed by atoms with van der Waals surface area (Å²) in [5.74, 6) is -1.11. The number of nitrogens with zero attached hydrogens (tertiary/aromatic N) is 1. The Morgan fingerprint density at radius 2 is 1.96 bits per heavy atom. The molecule has 28 heavy (non-hydrogen) atoms. The number of imide groups is 1. The van der Waals surface area contributed by atoms with Crippen molar-refractivity contribution in [2.45, 2.75) is 23.8 Å². The molecule has 9 nitrogen and oxygen atoms in total. The Morgan fingerprint density at radius 1 is 1.25 bits per heavy atom. The van der Waals surface area contributed by atoms with Gasteiger partial charge in [-0.1, -0.05) is 42.1 Å². The van der Waals surface area contributed by atoms with Gasteiger partial charge in [0.2, 0.25) is 5.91 Å². The van der Waals surface area contributed by atoms with E-state index in [1.165, 1.54) is 13.2 Å². The fraction of sp³-hybridized carbons (Fsp3) is 0.278. The number of rotatable bonds is 7. The third-order valence-corrected chi connectivity index (χ3v) is 4.61. The van der Waals surface area contributed by atoms with Gasteiger partial charge in [-0.25, -0.2) is 9.78 Å². The van der Waals surface area contributed by atoms with Gasteiger partial charge in [0.15, 0.2) is 5.16 Å². The number of aromatic nitrogens is 2. The SMILES string of the molecule is CCNC(=O)NC(=O)[C@H](Sc1nc(CC(=O)OC)cc(=O)[nH]1)c1ccccc1. The number of ether oxygens (including phenoxy) is 1. The summed E-state index contributed by atoms with van der Waals surface area (Å²) in [6, 6.07) is 9.33. The van der Waals surface area contributed by atoms with Crippen LogP contribution in [0.3, 0.4) is 0 Å². The lowest BCUT2D eigenvalue weighted by molar-refractivity contribution is -0.139. The van der Waals surface area contributed by atoms with Crippen molar-refractivity contribution in [1.82, 2.24) is 20.6 Å². The highest BCUT2D eigenvalue weighted by Crippen LogP contribution is 2.33. The van der Waals surface area contributed by atoms with Gasteiger partial charge in [0.1, 0.15) is 5.25 Å². The number of carbonyl (C=O) groups excluding carboxylic acids is 3. The number of hydrogen-bond donors (Lipinski definition) is 3. The van der Waals surface area contributed by atoms with Crippen molar-refractivity contribution in [3.05, 3.63) is 58.0 Å². The molecule has 0 aliphatic rings. The van der Waals surface area contributed by atoms with Crippen LogP contribution in [0.5, 0.6) is 0 Å². The zero-order valence-electron chi connectivity index (χ0n) is 15.4. The van der Waals surface area contributed by atoms with Crippen LogP contribution in [-0.4, -0.2) is 41.5 Å². The minimum Gasteiger partial charge on any atom is -0.469 e. The van der Waals surface area contributed by atoms with Crippen LogP contribution in [0.1, 0.15) is 23.4 Å². The third kappa shape index (κ3) is 6.23. The molecule has 0 aliphatic carbocycles. The van der Waals surface area contributed by atoms with E-state index in [9.17, 15) is 19.2 Å². The van der Waals surface area contributed by atoms with Crippen molar-refractivity contribution in [2.75, 3.05) is 13.7 Å². The maximum Gasteiger partial charge on any atom is 0.321 e. The molecule has 2 rings (SSSR count). The summed E-state index contributed by atoms with van der Waals surface area (Å²) in [7, 11) is 1.24. The molecule has 0 bridgehead atoms. The number of amides is 3. The van der Waals surface area contributed by atoms with E-state index in [4.69, 9.17) is 0 Å². The lowest BCUT2D eigenvalue weighted by Crippen LogP contribution is -2.41. The highest BCUT2D eigenvalue weighted by molar-refractivity contribution is 8.00. The second kappa shape index (κ2) is 10.3. The highest BCUT2D eigenvalue weighted by Gasteiger charge is 2.25. The molecule has 1 heterocycles. The zero-order chi connectivity index (χ0) is 20.5. The van der Waals surface area contributed by atoms with Gasteiger partial charge in [-0.3, -0.25) is 19.7 Å². The molecule has 0 fully saturated rings. The Hall–Kier alpha value is -3.14. The third-order valence-electron chi connectivity index (χ3n) is 3.47. The lowest BCUT2D eigenvalue weighted by Gasteiger charge is -2.16. The van der Waals surface area contributed by atoms with Crippen LogP contribution in [0, 0.1) is 0 Å². The molecule has 0 radical (unpaired) electrons. The van der Waals surface area contributed by atoms with E-state index >= 15 is 0 Å². The molecule has 0 unspecified atom stereocenters. The fourth-order valence-corrected chi connectivity index (χ4v) is 3.26. The summed E-state index contributed by atoms with van der Waals surface area (Å²) in [6.45, 7) is 2.10. The first-order valence-electron chi connectivity index (χ1n) is 8.40. The van der Waals surface area contributed by atoms with Crippen LogP contribution < -0.4 is 16.2 Å². The maximum atomic E-state index is 12.6. The molecule has 148 valence electrons. The largest absolute Gasteiger partial charge is 0.469 e. The Balaban J connectivity index is 2.30. The van der Waals surface area contributed by atoms with Gasteiger partial charge in [0.25, 0.3) is 5.56 Å². The van der Waals surface area contributed by atoms with Gasteiger partial charge in [0.05, 0.1) is 19.2 Å². The second-order valence-corrected chi connectivity index (χ2v) is 6.65. The zero-order valence-corrected chi connectivity index (χ0v) is 16.2. The van der Waals surface area contributed by atoms with E-state index in [1.807, 2.05) is 0 Å². The van der Waals surface area contributed by atoms with Crippen LogP contribution in [0.15, 0.2) is 46.3 Å². The molecule has 0 saturated heterocycles. The molecule has 1 aromatic heterocycles. The number of benzene rings is 1. The summed E-state index contributed by atoms with van der Waals surface area (Å²) >= 11 is 0.962. The molecule has 3 N–H and O–H groups in total. The van der Waals surface area contributed by atoms with E-state index in [-0.39, 0.29) is 17.3 Å². The Kier molecular flexibility index (Phi) is 7.76. The first-order chi connectivity index (χ1) is 13.4. The van der Waals surface area contributed by atoms with Gasteiger partial charge in [-0.15, -0.1) is 0 Å². The first kappa shape index (κ1) is 21.2. The van der Waals surface area contributed by atoms with Crippen LogP contribution >= 0.6 is 11.8 Å². The van der Waals surface area contributed by atoms with E-state index < -0.39 is 28.7 Å². The number of hydrogen-bond acceptors (Lipinski definition) is 7. The number of methoxy groups -OCH3 is 1. The minimum absolute atomic E-state index is 0.145. The predicted molar refractivity (Wildman–Crippen MR) is 103 cm³/mol. The number of H-pyrrole nitrogens is 1. The first-order valence-corrected chi connectivity index (χ1v) is 9.28. The molecule has 2 aromatic rings. The van der Waals surface area contributed by atoms with Crippen LogP contribution in [-0.2, 0) is 20.7 Å². The number of esters is 1. The van der Waals surface area contributed by atoms with E-state index in [0.29, 0.717) is 12.1 Å². The molecule has 3 amide bonds. The molecule has 0 saturated carbocycles. The number of carbonyl (C=O) groups is 3. The maximum absolute atomic E-state index is 12.6. The second-order valence-electron chi connectivity index (χ2n) is 5.55. The summed E-state index contributed by atoms with van der Waals surface area (Å²) in [5.41, 5.74) is 0.372. The number of urea groups is 1. The van der Waals surface area contributed by atoms with Crippen molar-refractivity contribution in [3.8, 4) is 0 Å². The Bertz CT molecular complexity index is 900. The minimum atomic E-state index is -0.847. The normalized spacial score (nSPS) is 11.4. The monoisotopic (exact) mass is 404 g/mol. The standard InChI is InChI=1S/C18H20N4O5S/c1-3-19-17(26)22-16(25)15(11-7-5-4-6-8-11)28-18-20-12(9-13(23)21-18)10-14(24)27-2/h4-9,15H,3,10H2,1-2H3,(H,20,21,23)(H2,19,22,25,26)/t15-/m1/s1. The average molecular weight is 404 g/mol. The summed E-state index contributed by atoms with van der Waals surface area (Å²) in [5, 5.41) is 4.05. The van der Waals surface area contributed by atoms with Gasteiger partial charge < -0.3 is 15.0 Å². The smallest absolute Gasteiger partial charge is 0.321 e. The Labute approximate surface area is 165 Å². The van der Waals surface area contributed by atoms with Gasteiger partial charge in [0, 0.05) is 12.6 Å². The van der Waals surface area contributed by atoms with Crippen molar-refractivity contribution < 1.29 is 19.1 Å². The number of thioether (sulfide) groups is 1. The summed E-state index contributed by atoms with van der Waals surface area (Å²) in [6.07, 6.45) is -0.172. The lowest BCUT2D eigenvalue weighted by atomic mass is 10.1. The number of aromatic amines is 1. The summed E-state index contributed by atoms with van der Waals surface area (Å²) < 4.78 is 4.58. The molecule has 0 aliphatic heterocycles. The number of nitrogens with one attached hydrogen (secondary N) is 3. The van der Waals surface area contributed by atoms with Gasteiger partial charge >= 0.3 is 12.0 Å². The molecule has 1 aromatic carbocycles. The van der Waals surface area contributed by atoms with E-state index in [2.05, 4.69) is 25.3 Å². The molecular formula is C18H20N4O5S. The van der Waals surface area contributed by atoms with Crippen molar-refractivity contribution in [1.29, 1.82) is 0 Å². The fourth-order valence-electron chi connectivity index (χ4n) is 2.24. The van der Waals surface area contributed by atoms with E-state index in [0.717, 1.165) is 11.8 Å². The van der Waals surface area contributed by atoms with Crippen LogP contribution in [0.4, 0.5) is 4.79 Å². The molecular weight excluding hydrogens is 384 g/mol. The van der Waals surface area contributed by atoms with Crippen molar-refractivity contribution in [3.63, 3.8) is 0 Å². The van der Waals surface area contributed by atoms with Crippen LogP contribution in [0.2, 0.25) is 0 Å². The van der Waals surface area contributed by atoms with Gasteiger partial charge in [-0.05, 0) is 12.5 Å². The van der Waals surface area contributed by atoms with E-state index in [1.54, 1.807) is 37.3 Å². The quantitative estimate of drug-likeness (QED) is 0.359. The topological polar surface area (TPSA) is 130 Å². The van der Waals surface area contributed by atoms with Crippen molar-refractivity contribution in [2.24, 2.45) is 0 Å². The van der Waals surface area contributed by atoms with Gasteiger partial charge in [-0.2, -0.15) is 0 Å². The Morgan fingerprint density at radius 3 is 2.61 bits per heavy atom. The molecule has 1 atom stereocenters. The molecule has 10 heteroatoms. The van der Waals surface area contributed by atoms with Crippen LogP contribution in [0.25, 0.3) is 0 Å². The summed E-state index contributed by atoms with van der Waals surface area (Å²) in [4.78, 5) is 54.5. The predicted octanol–water partition coefficient (Wildman–Crippen LogP) is 1.16.